The minimum Gasteiger partial charge on any atom is -0.496 e. The highest BCUT2D eigenvalue weighted by molar-refractivity contribution is 7.56. The molecule has 0 amide bonds. The van der Waals surface area contributed by atoms with Crippen LogP contribution >= 0.6 is 8.58 Å². The van der Waals surface area contributed by atoms with Crippen LogP contribution in [0, 0.1) is 6.92 Å². The van der Waals surface area contributed by atoms with Gasteiger partial charge in [-0.3, -0.25) is 0 Å². The van der Waals surface area contributed by atoms with Crippen molar-refractivity contribution in [3.63, 3.8) is 0 Å². The topological polar surface area (TPSA) is 9.23 Å². The molecule has 1 unspecified atom stereocenters. The van der Waals surface area contributed by atoms with Crippen molar-refractivity contribution in [3.8, 4) is 16.9 Å². The molecular formula is C20H19BOP. The monoisotopic (exact) mass is 317 g/mol. The van der Waals surface area contributed by atoms with E-state index in [4.69, 9.17) is 4.74 Å². The molecule has 0 saturated carbocycles. The lowest BCUT2D eigenvalue weighted by Gasteiger charge is -2.14. The highest BCUT2D eigenvalue weighted by Crippen LogP contribution is 2.31. The Morgan fingerprint density at radius 2 is 1.26 bits per heavy atom. The van der Waals surface area contributed by atoms with Crippen LogP contribution in [0.5, 0.6) is 5.75 Å². The zero-order chi connectivity index (χ0) is 15.4. The molecule has 0 aromatic heterocycles. The Bertz CT molecular complexity index is 786. The second-order valence-electron chi connectivity index (χ2n) is 5.19. The predicted octanol–water partition coefficient (Wildman–Crippen LogP) is 3.92. The molecule has 3 rings (SSSR count). The number of rotatable bonds is 4. The van der Waals surface area contributed by atoms with Crippen molar-refractivity contribution in [2.75, 3.05) is 7.11 Å². The SMILES string of the molecule is COc1ccccc1-c1ccccc1Pc1ccccc1C.[B]. The molecule has 0 saturated heterocycles. The Balaban J connectivity index is 0.00000192. The Morgan fingerprint density at radius 1 is 0.696 bits per heavy atom. The second-order valence-corrected chi connectivity index (χ2v) is 6.51. The highest BCUT2D eigenvalue weighted by atomic mass is 31.1. The third-order valence-electron chi connectivity index (χ3n) is 3.74. The van der Waals surface area contributed by atoms with Crippen molar-refractivity contribution in [1.29, 1.82) is 0 Å². The fourth-order valence-electron chi connectivity index (χ4n) is 2.55. The Labute approximate surface area is 142 Å². The molecule has 3 aromatic rings. The first kappa shape index (κ1) is 17.3. The first-order chi connectivity index (χ1) is 10.8. The molecule has 0 aliphatic carbocycles. The lowest BCUT2D eigenvalue weighted by atomic mass is 10.0. The van der Waals surface area contributed by atoms with E-state index in [0.29, 0.717) is 8.58 Å². The zero-order valence-electron chi connectivity index (χ0n) is 13.4. The third-order valence-corrected chi connectivity index (χ3v) is 5.27. The molecule has 3 aromatic carbocycles. The summed E-state index contributed by atoms with van der Waals surface area (Å²) in [5.41, 5.74) is 3.75. The summed E-state index contributed by atoms with van der Waals surface area (Å²) in [5, 5.41) is 2.74. The van der Waals surface area contributed by atoms with Crippen molar-refractivity contribution in [3.05, 3.63) is 78.4 Å². The highest BCUT2D eigenvalue weighted by Gasteiger charge is 2.10. The number of hydrogen-bond donors (Lipinski definition) is 0. The van der Waals surface area contributed by atoms with E-state index in [1.54, 1.807) is 7.11 Å². The second kappa shape index (κ2) is 7.99. The van der Waals surface area contributed by atoms with Crippen molar-refractivity contribution >= 4 is 27.6 Å². The summed E-state index contributed by atoms with van der Waals surface area (Å²) >= 11 is 0. The van der Waals surface area contributed by atoms with Gasteiger partial charge < -0.3 is 4.74 Å². The molecule has 113 valence electrons. The number of para-hydroxylation sites is 1. The standard InChI is InChI=1S/C20H19OP.B/c1-15-9-3-7-13-19(15)22-20-14-8-5-11-17(20)16-10-4-6-12-18(16)21-2;/h3-14,22H,1-2H3;. The van der Waals surface area contributed by atoms with E-state index < -0.39 is 0 Å². The smallest absolute Gasteiger partial charge is 0.126 e. The predicted molar refractivity (Wildman–Crippen MR) is 103 cm³/mol. The first-order valence-corrected chi connectivity index (χ1v) is 8.34. The average molecular weight is 317 g/mol. The average Bonchev–Trinajstić information content (AvgIpc) is 2.57. The molecule has 1 nitrogen and oxygen atoms in total. The largest absolute Gasteiger partial charge is 0.496 e. The summed E-state index contributed by atoms with van der Waals surface area (Å²) in [4.78, 5) is 0. The lowest BCUT2D eigenvalue weighted by molar-refractivity contribution is 0.416. The molecule has 0 spiro atoms. The van der Waals surface area contributed by atoms with E-state index in [1.165, 1.54) is 21.7 Å². The number of aryl methyl sites for hydroxylation is 1. The van der Waals surface area contributed by atoms with Crippen LogP contribution in [0.1, 0.15) is 5.56 Å². The van der Waals surface area contributed by atoms with E-state index in [1.807, 2.05) is 12.1 Å². The van der Waals surface area contributed by atoms with Crippen molar-refractivity contribution in [2.45, 2.75) is 6.92 Å². The maximum atomic E-state index is 5.53. The Kier molecular flexibility index (Phi) is 6.01. The molecule has 0 fully saturated rings. The summed E-state index contributed by atoms with van der Waals surface area (Å²) in [6.07, 6.45) is 0. The maximum absolute atomic E-state index is 5.53. The van der Waals surface area contributed by atoms with Crippen LogP contribution in [0.3, 0.4) is 0 Å². The first-order valence-electron chi connectivity index (χ1n) is 7.34. The van der Waals surface area contributed by atoms with Gasteiger partial charge in [-0.15, -0.1) is 0 Å². The zero-order valence-corrected chi connectivity index (χ0v) is 14.4. The van der Waals surface area contributed by atoms with Gasteiger partial charge in [-0.1, -0.05) is 75.3 Å². The van der Waals surface area contributed by atoms with Crippen LogP contribution in [0.25, 0.3) is 11.1 Å². The number of methoxy groups -OCH3 is 1. The molecule has 3 radical (unpaired) electrons. The van der Waals surface area contributed by atoms with Gasteiger partial charge in [0, 0.05) is 14.0 Å². The van der Waals surface area contributed by atoms with Crippen LogP contribution in [-0.4, -0.2) is 15.5 Å². The van der Waals surface area contributed by atoms with Crippen LogP contribution < -0.4 is 15.3 Å². The minimum absolute atomic E-state index is 0. The molecular weight excluding hydrogens is 298 g/mol. The van der Waals surface area contributed by atoms with E-state index >= 15 is 0 Å². The fraction of sp³-hybridized carbons (Fsp3) is 0.100. The van der Waals surface area contributed by atoms with Crippen molar-refractivity contribution < 1.29 is 4.74 Å². The Morgan fingerprint density at radius 3 is 1.96 bits per heavy atom. The summed E-state index contributed by atoms with van der Waals surface area (Å²) < 4.78 is 5.53. The van der Waals surface area contributed by atoms with Gasteiger partial charge in [-0.25, -0.2) is 0 Å². The van der Waals surface area contributed by atoms with E-state index in [2.05, 4.69) is 67.6 Å². The number of benzene rings is 3. The fourth-order valence-corrected chi connectivity index (χ4v) is 3.83. The van der Waals surface area contributed by atoms with Gasteiger partial charge in [0.1, 0.15) is 5.75 Å². The molecule has 0 aliphatic rings. The normalized spacial score (nSPS) is 10.5. The molecule has 23 heavy (non-hydrogen) atoms. The van der Waals surface area contributed by atoms with E-state index in [9.17, 15) is 0 Å². The van der Waals surface area contributed by atoms with Crippen molar-refractivity contribution in [1.82, 2.24) is 0 Å². The molecule has 3 heteroatoms. The van der Waals surface area contributed by atoms with Crippen LogP contribution in [0.2, 0.25) is 0 Å². The summed E-state index contributed by atoms with van der Waals surface area (Å²) in [6, 6.07) is 25.4. The molecule has 0 aliphatic heterocycles. The van der Waals surface area contributed by atoms with Crippen LogP contribution in [-0.2, 0) is 0 Å². The number of ether oxygens (including phenoxy) is 1. The van der Waals surface area contributed by atoms with Gasteiger partial charge in [-0.2, -0.15) is 0 Å². The quantitative estimate of drug-likeness (QED) is 0.523. The van der Waals surface area contributed by atoms with Gasteiger partial charge in [0.05, 0.1) is 7.11 Å². The summed E-state index contributed by atoms with van der Waals surface area (Å²) in [7, 11) is 2.37. The number of hydrogen-bond acceptors (Lipinski definition) is 1. The third kappa shape index (κ3) is 3.84. The minimum atomic E-state index is 0. The van der Waals surface area contributed by atoms with Gasteiger partial charge in [-0.05, 0) is 34.7 Å². The van der Waals surface area contributed by atoms with Crippen molar-refractivity contribution in [2.24, 2.45) is 0 Å². The van der Waals surface area contributed by atoms with Gasteiger partial charge in [0.25, 0.3) is 0 Å². The molecule has 0 heterocycles. The van der Waals surface area contributed by atoms with E-state index in [0.717, 1.165) is 11.3 Å². The maximum Gasteiger partial charge on any atom is 0.126 e. The van der Waals surface area contributed by atoms with E-state index in [-0.39, 0.29) is 8.41 Å². The summed E-state index contributed by atoms with van der Waals surface area (Å²) in [6.45, 7) is 2.17. The van der Waals surface area contributed by atoms with Crippen LogP contribution in [0.4, 0.5) is 0 Å². The van der Waals surface area contributed by atoms with Gasteiger partial charge in [0.2, 0.25) is 0 Å². The van der Waals surface area contributed by atoms with Gasteiger partial charge in [0.15, 0.2) is 0 Å². The lowest BCUT2D eigenvalue weighted by Crippen LogP contribution is -2.09. The molecule has 0 bridgehead atoms. The van der Waals surface area contributed by atoms with Gasteiger partial charge >= 0.3 is 0 Å². The Hall–Kier alpha value is -2.05. The molecule has 1 atom stereocenters. The molecule has 0 N–H and O–H groups in total. The summed E-state index contributed by atoms with van der Waals surface area (Å²) in [5.74, 6) is 0.921. The van der Waals surface area contributed by atoms with Crippen LogP contribution in [0.15, 0.2) is 72.8 Å².